The van der Waals surface area contributed by atoms with E-state index in [0.29, 0.717) is 5.56 Å². The molecule has 1 N–H and O–H groups in total. The molecule has 7 nitrogen and oxygen atoms in total. The van der Waals surface area contributed by atoms with Crippen LogP contribution in [0, 0.1) is 0 Å². The molecular formula is C16H24N4O3S2. The molecule has 0 unspecified atom stereocenters. The van der Waals surface area contributed by atoms with Crippen molar-refractivity contribution < 1.29 is 4.79 Å². The molecule has 0 aliphatic carbocycles. The Morgan fingerprint density at radius 3 is 2.80 bits per heavy atom. The Hall–Kier alpha value is -1.19. The number of carbonyl (C=O) groups is 1. The lowest BCUT2D eigenvalue weighted by atomic mass is 10.1. The summed E-state index contributed by atoms with van der Waals surface area (Å²) in [6, 6.07) is 0.0990. The average molecular weight is 385 g/mol. The molecule has 2 atom stereocenters. The Balaban J connectivity index is 1.89. The topological polar surface area (TPSA) is 76.3 Å². The second kappa shape index (κ2) is 8.01. The molecule has 25 heavy (non-hydrogen) atoms. The summed E-state index contributed by atoms with van der Waals surface area (Å²) < 4.78 is 2.51. The quantitative estimate of drug-likeness (QED) is 0.763. The van der Waals surface area contributed by atoms with Gasteiger partial charge in [0.2, 0.25) is 5.91 Å². The van der Waals surface area contributed by atoms with Crippen LogP contribution in [0.25, 0.3) is 0 Å². The van der Waals surface area contributed by atoms with E-state index in [9.17, 15) is 14.4 Å². The molecule has 0 bridgehead atoms. The predicted molar refractivity (Wildman–Crippen MR) is 102 cm³/mol. The molecule has 2 fully saturated rings. The summed E-state index contributed by atoms with van der Waals surface area (Å²) in [5.74, 6) is 3.01. The highest BCUT2D eigenvalue weighted by atomic mass is 32.2. The average Bonchev–Trinajstić information content (AvgIpc) is 3.16. The highest BCUT2D eigenvalue weighted by molar-refractivity contribution is 8.07. The molecule has 3 rings (SSSR count). The van der Waals surface area contributed by atoms with E-state index in [1.807, 2.05) is 16.7 Å². The van der Waals surface area contributed by atoms with Crippen molar-refractivity contribution in [2.75, 3.05) is 30.3 Å². The molecule has 0 radical (unpaired) electrons. The fourth-order valence-corrected chi connectivity index (χ4v) is 5.90. The van der Waals surface area contributed by atoms with Gasteiger partial charge < -0.3 is 14.8 Å². The monoisotopic (exact) mass is 384 g/mol. The van der Waals surface area contributed by atoms with Crippen molar-refractivity contribution >= 4 is 29.4 Å². The van der Waals surface area contributed by atoms with E-state index in [2.05, 4.69) is 5.32 Å². The summed E-state index contributed by atoms with van der Waals surface area (Å²) in [4.78, 5) is 39.3. The van der Waals surface area contributed by atoms with E-state index in [-0.39, 0.29) is 35.0 Å². The highest BCUT2D eigenvalue weighted by Crippen LogP contribution is 2.27. The van der Waals surface area contributed by atoms with Crippen molar-refractivity contribution in [1.29, 1.82) is 0 Å². The Labute approximate surface area is 155 Å². The number of amides is 1. The first-order valence-corrected chi connectivity index (χ1v) is 10.7. The second-order valence-electron chi connectivity index (χ2n) is 6.46. The fourth-order valence-electron chi connectivity index (χ4n) is 3.28. The third-order valence-corrected chi connectivity index (χ3v) is 7.45. The Kier molecular flexibility index (Phi) is 5.96. The van der Waals surface area contributed by atoms with Gasteiger partial charge in [-0.25, -0.2) is 4.79 Å². The molecule has 0 aromatic carbocycles. The maximum absolute atomic E-state index is 13.1. The number of hydrogen-bond donors (Lipinski definition) is 1. The van der Waals surface area contributed by atoms with E-state index in [0.717, 1.165) is 41.3 Å². The minimum Gasteiger partial charge on any atom is -0.333 e. The zero-order valence-corrected chi connectivity index (χ0v) is 16.2. The van der Waals surface area contributed by atoms with Crippen molar-refractivity contribution in [1.82, 2.24) is 19.4 Å². The number of carbonyl (C=O) groups excluding carboxylic acids is 1. The Bertz CT molecular complexity index is 749. The third kappa shape index (κ3) is 3.98. The lowest BCUT2D eigenvalue weighted by Crippen LogP contribution is -2.48. The van der Waals surface area contributed by atoms with Gasteiger partial charge in [-0.2, -0.15) is 11.8 Å². The predicted octanol–water partition coefficient (Wildman–Crippen LogP) is -0.377. The van der Waals surface area contributed by atoms with Crippen LogP contribution in [-0.4, -0.2) is 61.6 Å². The van der Waals surface area contributed by atoms with Crippen LogP contribution < -0.4 is 16.6 Å². The van der Waals surface area contributed by atoms with Crippen LogP contribution >= 0.6 is 23.5 Å². The summed E-state index contributed by atoms with van der Waals surface area (Å²) in [7, 11) is 3.10. The zero-order chi connectivity index (χ0) is 18.0. The molecule has 1 aromatic heterocycles. The first-order chi connectivity index (χ1) is 12.0. The number of nitrogens with zero attached hydrogens (tertiary/aromatic N) is 3. The van der Waals surface area contributed by atoms with Crippen molar-refractivity contribution in [2.45, 2.75) is 24.3 Å². The van der Waals surface area contributed by atoms with E-state index in [1.54, 1.807) is 25.0 Å². The summed E-state index contributed by atoms with van der Waals surface area (Å²) in [5, 5.41) is 3.25. The van der Waals surface area contributed by atoms with E-state index < -0.39 is 0 Å². The lowest BCUT2D eigenvalue weighted by molar-refractivity contribution is -0.132. The molecule has 9 heteroatoms. The number of rotatable bonds is 4. The van der Waals surface area contributed by atoms with Crippen LogP contribution in [-0.2, 0) is 25.4 Å². The van der Waals surface area contributed by atoms with Crippen molar-refractivity contribution in [2.24, 2.45) is 14.1 Å². The van der Waals surface area contributed by atoms with Crippen LogP contribution in [0.3, 0.4) is 0 Å². The largest absolute Gasteiger partial charge is 0.333 e. The Morgan fingerprint density at radius 1 is 1.36 bits per heavy atom. The summed E-state index contributed by atoms with van der Waals surface area (Å²) in [5.41, 5.74) is -0.191. The summed E-state index contributed by atoms with van der Waals surface area (Å²) >= 11 is 3.52. The van der Waals surface area contributed by atoms with Crippen LogP contribution in [0.15, 0.2) is 15.8 Å². The maximum Gasteiger partial charge on any atom is 0.330 e. The van der Waals surface area contributed by atoms with E-state index >= 15 is 0 Å². The standard InChI is InChI=1S/C16H24N4O3S2/c1-18-8-11(14(21)19(2)16(18)23)9-20(12-3-4-17-7-12)15(22)13-10-24-5-6-25-13/h8,12-13,17H,3-7,9-10H2,1-2H3/t12-,13+/m0/s1. The summed E-state index contributed by atoms with van der Waals surface area (Å²) in [6.07, 6.45) is 2.46. The van der Waals surface area contributed by atoms with Crippen LogP contribution in [0.4, 0.5) is 0 Å². The van der Waals surface area contributed by atoms with Gasteiger partial charge in [0, 0.05) is 50.1 Å². The number of aromatic nitrogens is 2. The van der Waals surface area contributed by atoms with Crippen molar-refractivity contribution in [3.63, 3.8) is 0 Å². The normalized spacial score (nSPS) is 23.6. The van der Waals surface area contributed by atoms with Crippen molar-refractivity contribution in [3.8, 4) is 0 Å². The lowest BCUT2D eigenvalue weighted by Gasteiger charge is -2.33. The van der Waals surface area contributed by atoms with E-state index in [1.165, 1.54) is 11.6 Å². The van der Waals surface area contributed by atoms with Crippen LogP contribution in [0.5, 0.6) is 0 Å². The number of nitrogens with one attached hydrogen (secondary N) is 1. The molecule has 2 aliphatic heterocycles. The van der Waals surface area contributed by atoms with Gasteiger partial charge in [-0.1, -0.05) is 0 Å². The summed E-state index contributed by atoms with van der Waals surface area (Å²) in [6.45, 7) is 1.89. The van der Waals surface area contributed by atoms with Gasteiger partial charge >= 0.3 is 5.69 Å². The second-order valence-corrected chi connectivity index (χ2v) is 8.92. The molecule has 2 aliphatic rings. The Morgan fingerprint density at radius 2 is 2.16 bits per heavy atom. The van der Waals surface area contributed by atoms with Gasteiger partial charge in [0.15, 0.2) is 0 Å². The number of thioether (sulfide) groups is 2. The van der Waals surface area contributed by atoms with Gasteiger partial charge in [-0.3, -0.25) is 14.2 Å². The van der Waals surface area contributed by atoms with Gasteiger partial charge in [-0.05, 0) is 13.0 Å². The highest BCUT2D eigenvalue weighted by Gasteiger charge is 2.33. The first kappa shape index (κ1) is 18.6. The molecule has 1 amide bonds. The van der Waals surface area contributed by atoms with Gasteiger partial charge in [0.25, 0.3) is 5.56 Å². The minimum absolute atomic E-state index is 0.0456. The number of aryl methyl sites for hydroxylation is 1. The van der Waals surface area contributed by atoms with Gasteiger partial charge in [-0.15, -0.1) is 11.8 Å². The molecule has 1 aromatic rings. The SMILES string of the molecule is Cn1cc(CN(C(=O)[C@H]2CSCCS2)[C@H]2CCNC2)c(=O)n(C)c1=O. The molecular weight excluding hydrogens is 360 g/mol. The minimum atomic E-state index is -0.353. The maximum atomic E-state index is 13.1. The van der Waals surface area contributed by atoms with Crippen molar-refractivity contribution in [3.05, 3.63) is 32.6 Å². The first-order valence-electron chi connectivity index (χ1n) is 8.45. The molecule has 138 valence electrons. The number of hydrogen-bond acceptors (Lipinski definition) is 6. The van der Waals surface area contributed by atoms with Crippen LogP contribution in [0.1, 0.15) is 12.0 Å². The zero-order valence-electron chi connectivity index (χ0n) is 14.6. The fraction of sp³-hybridized carbons (Fsp3) is 0.688. The third-order valence-electron chi connectivity index (χ3n) is 4.71. The van der Waals surface area contributed by atoms with Crippen LogP contribution in [0.2, 0.25) is 0 Å². The molecule has 0 spiro atoms. The van der Waals surface area contributed by atoms with Gasteiger partial charge in [0.1, 0.15) is 0 Å². The van der Waals surface area contributed by atoms with Gasteiger partial charge in [0.05, 0.1) is 17.4 Å². The molecule has 2 saturated heterocycles. The molecule has 0 saturated carbocycles. The molecule has 3 heterocycles. The van der Waals surface area contributed by atoms with E-state index in [4.69, 9.17) is 0 Å². The smallest absolute Gasteiger partial charge is 0.330 e.